The van der Waals surface area contributed by atoms with Crippen molar-refractivity contribution in [2.75, 3.05) is 0 Å². The van der Waals surface area contributed by atoms with Gasteiger partial charge < -0.3 is 10.6 Å². The van der Waals surface area contributed by atoms with Crippen molar-refractivity contribution in [2.24, 2.45) is 11.3 Å². The topological polar surface area (TPSA) is 88.7 Å². The Morgan fingerprint density at radius 1 is 1.23 bits per heavy atom. The molecule has 2 aliphatic carbocycles. The van der Waals surface area contributed by atoms with Crippen molar-refractivity contribution in [3.8, 4) is 23.3 Å². The van der Waals surface area contributed by atoms with Gasteiger partial charge in [-0.2, -0.15) is 10.5 Å². The zero-order valence-electron chi connectivity index (χ0n) is 16.4. The molecule has 0 bridgehead atoms. The number of carbonyl (C=O) groups is 1. The number of benzene rings is 2. The molecule has 2 aromatic carbocycles. The standard InChI is InChI=1S/C24H21FN4O/c25-20-10-16(5-6-17(20)12-26)15-3-1-14(2-4-15)9-18(13-27)28-23(30)22-19-7-8-24(19)11-21(24)29-22/h1-6,10,18-19,21-22,29H,7-9,11H2,(H,28,30)/t18-,19-,21+,22-,24?/m0/s1. The van der Waals surface area contributed by atoms with Crippen LogP contribution < -0.4 is 10.6 Å². The molecule has 1 spiro atoms. The van der Waals surface area contributed by atoms with Crippen LogP contribution in [0.15, 0.2) is 42.5 Å². The van der Waals surface area contributed by atoms with Gasteiger partial charge in [0.1, 0.15) is 17.9 Å². The molecule has 5 nitrogen and oxygen atoms in total. The van der Waals surface area contributed by atoms with Gasteiger partial charge in [0.05, 0.1) is 17.7 Å². The minimum atomic E-state index is -0.592. The van der Waals surface area contributed by atoms with Crippen LogP contribution in [0.2, 0.25) is 0 Å². The number of halogens is 1. The molecule has 5 atom stereocenters. The van der Waals surface area contributed by atoms with E-state index in [9.17, 15) is 14.4 Å². The Labute approximate surface area is 174 Å². The summed E-state index contributed by atoms with van der Waals surface area (Å²) in [5.74, 6) is -0.186. The van der Waals surface area contributed by atoms with Crippen LogP contribution in [-0.2, 0) is 11.2 Å². The van der Waals surface area contributed by atoms with Crippen LogP contribution in [-0.4, -0.2) is 24.0 Å². The van der Waals surface area contributed by atoms with Crippen LogP contribution in [0.1, 0.15) is 30.4 Å². The summed E-state index contributed by atoms with van der Waals surface area (Å²) < 4.78 is 13.9. The fourth-order valence-corrected chi connectivity index (χ4v) is 5.25. The van der Waals surface area contributed by atoms with E-state index >= 15 is 0 Å². The van der Waals surface area contributed by atoms with Crippen molar-refractivity contribution in [3.63, 3.8) is 0 Å². The number of rotatable bonds is 5. The molecular weight excluding hydrogens is 379 g/mol. The monoisotopic (exact) mass is 400 g/mol. The third-order valence-electron chi connectivity index (χ3n) is 7.13. The van der Waals surface area contributed by atoms with E-state index in [4.69, 9.17) is 5.26 Å². The minimum Gasteiger partial charge on any atom is -0.339 e. The minimum absolute atomic E-state index is 0.0184. The third kappa shape index (κ3) is 2.96. The van der Waals surface area contributed by atoms with Crippen molar-refractivity contribution in [2.45, 2.75) is 43.8 Å². The molecule has 3 aliphatic rings. The lowest BCUT2D eigenvalue weighted by atomic mass is 9.68. The predicted octanol–water partition coefficient (Wildman–Crippen LogP) is 3.06. The van der Waals surface area contributed by atoms with Crippen LogP contribution >= 0.6 is 0 Å². The quantitative estimate of drug-likeness (QED) is 0.807. The molecule has 5 rings (SSSR count). The Hall–Kier alpha value is -3.22. The van der Waals surface area contributed by atoms with Gasteiger partial charge in [0.2, 0.25) is 5.91 Å². The number of hydrogen-bond donors (Lipinski definition) is 2. The van der Waals surface area contributed by atoms with Crippen molar-refractivity contribution in [1.29, 1.82) is 10.5 Å². The normalized spacial score (nSPS) is 28.8. The highest BCUT2D eigenvalue weighted by atomic mass is 19.1. The van der Waals surface area contributed by atoms with E-state index in [2.05, 4.69) is 16.7 Å². The second kappa shape index (κ2) is 6.93. The molecule has 0 radical (unpaired) electrons. The van der Waals surface area contributed by atoms with E-state index in [1.165, 1.54) is 25.0 Å². The van der Waals surface area contributed by atoms with E-state index in [-0.39, 0.29) is 17.5 Å². The summed E-state index contributed by atoms with van der Waals surface area (Å²) in [6, 6.07) is 15.7. The third-order valence-corrected chi connectivity index (χ3v) is 7.13. The summed E-state index contributed by atoms with van der Waals surface area (Å²) in [6.45, 7) is 0. The van der Waals surface area contributed by atoms with E-state index < -0.39 is 11.9 Å². The van der Waals surface area contributed by atoms with Crippen molar-refractivity contribution in [1.82, 2.24) is 10.6 Å². The Morgan fingerprint density at radius 2 is 2.00 bits per heavy atom. The Bertz CT molecular complexity index is 1100. The first-order valence-electron chi connectivity index (χ1n) is 10.3. The molecule has 150 valence electrons. The number of amides is 1. The van der Waals surface area contributed by atoms with Gasteiger partial charge in [-0.3, -0.25) is 4.79 Å². The van der Waals surface area contributed by atoms with E-state index in [0.29, 0.717) is 29.4 Å². The lowest BCUT2D eigenvalue weighted by molar-refractivity contribution is -0.125. The number of nitriles is 2. The molecule has 1 saturated heterocycles. The molecule has 1 unspecified atom stereocenters. The summed E-state index contributed by atoms with van der Waals surface area (Å²) in [7, 11) is 0. The number of piperidine rings is 1. The molecule has 3 fully saturated rings. The molecule has 30 heavy (non-hydrogen) atoms. The van der Waals surface area contributed by atoms with Crippen LogP contribution in [0.3, 0.4) is 0 Å². The number of nitrogens with one attached hydrogen (secondary N) is 2. The largest absolute Gasteiger partial charge is 0.339 e. The fraction of sp³-hybridized carbons (Fsp3) is 0.375. The lowest BCUT2D eigenvalue weighted by Crippen LogP contribution is -2.51. The van der Waals surface area contributed by atoms with Gasteiger partial charge in [0.25, 0.3) is 0 Å². The number of carbonyl (C=O) groups excluding carboxylic acids is 1. The highest BCUT2D eigenvalue weighted by Crippen LogP contribution is 2.69. The predicted molar refractivity (Wildman–Crippen MR) is 108 cm³/mol. The molecule has 2 saturated carbocycles. The van der Waals surface area contributed by atoms with E-state index in [1.54, 1.807) is 6.07 Å². The number of nitrogens with zero attached hydrogens (tertiary/aromatic N) is 2. The van der Waals surface area contributed by atoms with Crippen molar-refractivity contribution in [3.05, 3.63) is 59.4 Å². The zero-order valence-corrected chi connectivity index (χ0v) is 16.4. The van der Waals surface area contributed by atoms with E-state index in [1.807, 2.05) is 30.3 Å². The summed E-state index contributed by atoms with van der Waals surface area (Å²) in [4.78, 5) is 12.7. The fourth-order valence-electron chi connectivity index (χ4n) is 5.25. The van der Waals surface area contributed by atoms with Gasteiger partial charge in [0, 0.05) is 12.5 Å². The Kier molecular flexibility index (Phi) is 4.34. The summed E-state index contributed by atoms with van der Waals surface area (Å²) in [5, 5.41) is 24.7. The molecule has 1 heterocycles. The van der Waals surface area contributed by atoms with Crippen LogP contribution in [0.25, 0.3) is 11.1 Å². The van der Waals surface area contributed by atoms with Gasteiger partial charge in [0.15, 0.2) is 0 Å². The van der Waals surface area contributed by atoms with Crippen LogP contribution in [0, 0.1) is 39.8 Å². The maximum Gasteiger partial charge on any atom is 0.238 e. The molecule has 2 aromatic rings. The summed E-state index contributed by atoms with van der Waals surface area (Å²) in [6.07, 6.45) is 3.92. The van der Waals surface area contributed by atoms with Crippen molar-refractivity contribution < 1.29 is 9.18 Å². The molecule has 0 aromatic heterocycles. The summed E-state index contributed by atoms with van der Waals surface area (Å²) >= 11 is 0. The SMILES string of the molecule is N#Cc1ccc(-c2ccc(C[C@@H](C#N)NC(=O)[C@H]3N[C@@H]4CC45CC[C@@H]35)cc2)cc1F. The van der Waals surface area contributed by atoms with Crippen LogP contribution in [0.4, 0.5) is 4.39 Å². The second-order valence-corrected chi connectivity index (χ2v) is 8.68. The maximum atomic E-state index is 13.9. The van der Waals surface area contributed by atoms with Gasteiger partial charge >= 0.3 is 0 Å². The Balaban J connectivity index is 1.22. The van der Waals surface area contributed by atoms with Crippen LogP contribution in [0.5, 0.6) is 0 Å². The molecule has 1 amide bonds. The first-order chi connectivity index (χ1) is 14.5. The molecule has 2 N–H and O–H groups in total. The zero-order chi connectivity index (χ0) is 20.9. The summed E-state index contributed by atoms with van der Waals surface area (Å²) in [5.41, 5.74) is 2.82. The van der Waals surface area contributed by atoms with Gasteiger partial charge in [-0.15, -0.1) is 0 Å². The van der Waals surface area contributed by atoms with Gasteiger partial charge in [-0.1, -0.05) is 30.3 Å². The highest BCUT2D eigenvalue weighted by Gasteiger charge is 2.71. The molecule has 6 heteroatoms. The average molecular weight is 400 g/mol. The lowest BCUT2D eigenvalue weighted by Gasteiger charge is -2.37. The average Bonchev–Trinajstić information content (AvgIpc) is 3.44. The maximum absolute atomic E-state index is 13.9. The second-order valence-electron chi connectivity index (χ2n) is 8.68. The van der Waals surface area contributed by atoms with Gasteiger partial charge in [-0.05, 0) is 59.4 Å². The van der Waals surface area contributed by atoms with E-state index in [0.717, 1.165) is 17.5 Å². The highest BCUT2D eigenvalue weighted by molar-refractivity contribution is 5.84. The molecular formula is C24H21FN4O. The first-order valence-corrected chi connectivity index (χ1v) is 10.3. The Morgan fingerprint density at radius 3 is 2.60 bits per heavy atom. The number of hydrogen-bond acceptors (Lipinski definition) is 4. The first kappa shape index (κ1) is 18.8. The van der Waals surface area contributed by atoms with Crippen molar-refractivity contribution >= 4 is 5.91 Å². The van der Waals surface area contributed by atoms with Gasteiger partial charge in [-0.25, -0.2) is 4.39 Å². The smallest absolute Gasteiger partial charge is 0.238 e. The molecule has 1 aliphatic heterocycles.